The summed E-state index contributed by atoms with van der Waals surface area (Å²) in [7, 11) is 1.67. The first-order valence-corrected chi connectivity index (χ1v) is 9.76. The third-order valence-corrected chi connectivity index (χ3v) is 5.04. The van der Waals surface area contributed by atoms with Crippen molar-refractivity contribution in [3.8, 4) is 11.5 Å². The van der Waals surface area contributed by atoms with E-state index in [1.807, 2.05) is 54.6 Å². The van der Waals surface area contributed by atoms with Gasteiger partial charge in [-0.05, 0) is 75.6 Å². The molecule has 0 saturated heterocycles. The Kier molecular flexibility index (Phi) is 6.58. The third kappa shape index (κ3) is 5.26. The molecule has 3 aromatic rings. The van der Waals surface area contributed by atoms with Crippen molar-refractivity contribution in [3.05, 3.63) is 86.8 Å². The molecule has 0 fully saturated rings. The zero-order chi connectivity index (χ0) is 18.4. The second-order valence-corrected chi connectivity index (χ2v) is 7.53. The van der Waals surface area contributed by atoms with Gasteiger partial charge in [-0.3, -0.25) is 0 Å². The van der Waals surface area contributed by atoms with Crippen molar-refractivity contribution in [1.29, 1.82) is 0 Å². The highest BCUT2D eigenvalue weighted by Crippen LogP contribution is 2.27. The van der Waals surface area contributed by atoms with Crippen LogP contribution in [0.2, 0.25) is 0 Å². The number of nitrogens with one attached hydrogen (secondary N) is 1. The zero-order valence-corrected chi connectivity index (χ0v) is 17.5. The van der Waals surface area contributed by atoms with Crippen LogP contribution in [0, 0.1) is 0 Å². The fourth-order valence-corrected chi connectivity index (χ4v) is 3.23. The summed E-state index contributed by atoms with van der Waals surface area (Å²) in [6, 6.07) is 22.2. The van der Waals surface area contributed by atoms with Crippen LogP contribution in [-0.4, -0.2) is 7.11 Å². The largest absolute Gasteiger partial charge is 0.497 e. The Morgan fingerprint density at radius 2 is 1.54 bits per heavy atom. The van der Waals surface area contributed by atoms with E-state index in [2.05, 4.69) is 49.3 Å². The quantitative estimate of drug-likeness (QED) is 0.427. The average molecular weight is 477 g/mol. The first kappa shape index (κ1) is 18.8. The maximum atomic E-state index is 5.91. The number of halogens is 2. The molecule has 3 rings (SSSR count). The standard InChI is InChI=1S/C21H19Br2NO2/c1-25-19-9-7-18(8-10-19)24-13-16-4-11-21(20(23)12-16)26-14-15-2-5-17(22)6-3-15/h2-12,24H,13-14H2,1H3. The number of ether oxygens (including phenoxy) is 2. The molecule has 0 heterocycles. The Labute approximate surface area is 170 Å². The van der Waals surface area contributed by atoms with E-state index in [9.17, 15) is 0 Å². The van der Waals surface area contributed by atoms with Crippen LogP contribution in [0.5, 0.6) is 11.5 Å². The molecule has 0 unspecified atom stereocenters. The molecule has 0 saturated carbocycles. The highest BCUT2D eigenvalue weighted by molar-refractivity contribution is 9.10. The molecular formula is C21H19Br2NO2. The van der Waals surface area contributed by atoms with Gasteiger partial charge in [-0.25, -0.2) is 0 Å². The van der Waals surface area contributed by atoms with Gasteiger partial charge in [0.05, 0.1) is 11.6 Å². The molecular weight excluding hydrogens is 458 g/mol. The normalized spacial score (nSPS) is 10.4. The van der Waals surface area contributed by atoms with Crippen molar-refractivity contribution in [2.45, 2.75) is 13.2 Å². The molecule has 0 radical (unpaired) electrons. The van der Waals surface area contributed by atoms with Crippen LogP contribution in [-0.2, 0) is 13.2 Å². The van der Waals surface area contributed by atoms with Gasteiger partial charge in [0.2, 0.25) is 0 Å². The zero-order valence-electron chi connectivity index (χ0n) is 14.3. The predicted octanol–water partition coefficient (Wildman–Crippen LogP) is 6.41. The lowest BCUT2D eigenvalue weighted by Crippen LogP contribution is -2.00. The minimum absolute atomic E-state index is 0.537. The molecule has 3 nitrogen and oxygen atoms in total. The van der Waals surface area contributed by atoms with Gasteiger partial charge in [0.1, 0.15) is 18.1 Å². The average Bonchev–Trinajstić information content (AvgIpc) is 2.67. The molecule has 0 aliphatic carbocycles. The summed E-state index contributed by atoms with van der Waals surface area (Å²) in [5, 5.41) is 3.40. The van der Waals surface area contributed by atoms with Gasteiger partial charge in [-0.1, -0.05) is 34.1 Å². The molecule has 0 spiro atoms. The number of rotatable bonds is 7. The topological polar surface area (TPSA) is 30.5 Å². The van der Waals surface area contributed by atoms with Crippen LogP contribution in [0.15, 0.2) is 75.7 Å². The fraction of sp³-hybridized carbons (Fsp3) is 0.143. The first-order chi connectivity index (χ1) is 12.6. The Balaban J connectivity index is 1.57. The van der Waals surface area contributed by atoms with Crippen molar-refractivity contribution >= 4 is 37.5 Å². The van der Waals surface area contributed by atoms with Crippen molar-refractivity contribution in [1.82, 2.24) is 0 Å². The molecule has 134 valence electrons. The summed E-state index contributed by atoms with van der Waals surface area (Å²) in [5.41, 5.74) is 3.35. The van der Waals surface area contributed by atoms with Crippen LogP contribution < -0.4 is 14.8 Å². The van der Waals surface area contributed by atoms with Crippen LogP contribution in [0.1, 0.15) is 11.1 Å². The number of hydrogen-bond donors (Lipinski definition) is 1. The van der Waals surface area contributed by atoms with Gasteiger partial charge in [0.25, 0.3) is 0 Å². The predicted molar refractivity (Wildman–Crippen MR) is 113 cm³/mol. The van der Waals surface area contributed by atoms with Gasteiger partial charge in [0, 0.05) is 16.7 Å². The Morgan fingerprint density at radius 1 is 0.846 bits per heavy atom. The van der Waals surface area contributed by atoms with E-state index in [0.717, 1.165) is 38.2 Å². The Bertz CT molecular complexity index is 849. The molecule has 0 atom stereocenters. The van der Waals surface area contributed by atoms with Crippen molar-refractivity contribution in [3.63, 3.8) is 0 Å². The molecule has 0 amide bonds. The maximum Gasteiger partial charge on any atom is 0.134 e. The fourth-order valence-electron chi connectivity index (χ4n) is 2.43. The lowest BCUT2D eigenvalue weighted by atomic mass is 10.2. The monoisotopic (exact) mass is 475 g/mol. The van der Waals surface area contributed by atoms with Gasteiger partial charge in [0.15, 0.2) is 0 Å². The minimum Gasteiger partial charge on any atom is -0.497 e. The highest BCUT2D eigenvalue weighted by Gasteiger charge is 2.04. The van der Waals surface area contributed by atoms with E-state index in [-0.39, 0.29) is 0 Å². The molecule has 26 heavy (non-hydrogen) atoms. The summed E-state index contributed by atoms with van der Waals surface area (Å²) in [4.78, 5) is 0. The molecule has 0 aromatic heterocycles. The van der Waals surface area contributed by atoms with Crippen molar-refractivity contribution < 1.29 is 9.47 Å². The maximum absolute atomic E-state index is 5.91. The van der Waals surface area contributed by atoms with Gasteiger partial charge in [-0.2, -0.15) is 0 Å². The molecule has 1 N–H and O–H groups in total. The summed E-state index contributed by atoms with van der Waals surface area (Å²) in [6.45, 7) is 1.27. The minimum atomic E-state index is 0.537. The van der Waals surface area contributed by atoms with E-state index in [1.165, 1.54) is 5.56 Å². The number of hydrogen-bond acceptors (Lipinski definition) is 3. The molecule has 5 heteroatoms. The Hall–Kier alpha value is -1.98. The summed E-state index contributed by atoms with van der Waals surface area (Å²) < 4.78 is 13.1. The van der Waals surface area contributed by atoms with Crippen molar-refractivity contribution in [2.75, 3.05) is 12.4 Å². The molecule has 3 aromatic carbocycles. The third-order valence-electron chi connectivity index (χ3n) is 3.89. The van der Waals surface area contributed by atoms with Crippen LogP contribution in [0.4, 0.5) is 5.69 Å². The van der Waals surface area contributed by atoms with Gasteiger partial charge >= 0.3 is 0 Å². The second kappa shape index (κ2) is 9.10. The number of benzene rings is 3. The number of anilines is 1. The van der Waals surface area contributed by atoms with E-state index in [1.54, 1.807) is 7.11 Å². The SMILES string of the molecule is COc1ccc(NCc2ccc(OCc3ccc(Br)cc3)c(Br)c2)cc1. The smallest absolute Gasteiger partial charge is 0.134 e. The summed E-state index contributed by atoms with van der Waals surface area (Å²) in [5.74, 6) is 1.69. The molecule has 0 aliphatic heterocycles. The lowest BCUT2D eigenvalue weighted by Gasteiger charge is -2.11. The van der Waals surface area contributed by atoms with E-state index >= 15 is 0 Å². The molecule has 0 aliphatic rings. The summed E-state index contributed by atoms with van der Waals surface area (Å²) >= 11 is 7.04. The Morgan fingerprint density at radius 3 is 2.19 bits per heavy atom. The first-order valence-electron chi connectivity index (χ1n) is 8.17. The van der Waals surface area contributed by atoms with E-state index in [4.69, 9.17) is 9.47 Å². The van der Waals surface area contributed by atoms with Crippen LogP contribution in [0.3, 0.4) is 0 Å². The van der Waals surface area contributed by atoms with E-state index in [0.29, 0.717) is 6.61 Å². The van der Waals surface area contributed by atoms with E-state index < -0.39 is 0 Å². The van der Waals surface area contributed by atoms with Crippen LogP contribution >= 0.6 is 31.9 Å². The second-order valence-electron chi connectivity index (χ2n) is 5.76. The lowest BCUT2D eigenvalue weighted by molar-refractivity contribution is 0.304. The van der Waals surface area contributed by atoms with Crippen molar-refractivity contribution in [2.24, 2.45) is 0 Å². The van der Waals surface area contributed by atoms with Gasteiger partial charge < -0.3 is 14.8 Å². The number of methoxy groups -OCH3 is 1. The summed E-state index contributed by atoms with van der Waals surface area (Å²) in [6.07, 6.45) is 0. The van der Waals surface area contributed by atoms with Crippen LogP contribution in [0.25, 0.3) is 0 Å². The van der Waals surface area contributed by atoms with Gasteiger partial charge in [-0.15, -0.1) is 0 Å². The highest BCUT2D eigenvalue weighted by atomic mass is 79.9. The molecule has 0 bridgehead atoms.